The zero-order valence-electron chi connectivity index (χ0n) is 10.6. The minimum atomic E-state index is -0.347. The van der Waals surface area contributed by atoms with Gasteiger partial charge in [0.2, 0.25) is 0 Å². The summed E-state index contributed by atoms with van der Waals surface area (Å²) in [6.45, 7) is 0.387. The summed E-state index contributed by atoms with van der Waals surface area (Å²) in [5.41, 5.74) is 2.37. The van der Waals surface area contributed by atoms with Gasteiger partial charge in [-0.25, -0.2) is 0 Å². The number of amides is 1. The van der Waals surface area contributed by atoms with Gasteiger partial charge in [0.1, 0.15) is 11.5 Å². The smallest absolute Gasteiger partial charge is 0.251 e. The van der Waals surface area contributed by atoms with Crippen LogP contribution in [0.25, 0.3) is 0 Å². The van der Waals surface area contributed by atoms with E-state index >= 15 is 0 Å². The summed E-state index contributed by atoms with van der Waals surface area (Å²) < 4.78 is 0. The predicted octanol–water partition coefficient (Wildman–Crippen LogP) is 2.92. The van der Waals surface area contributed by atoms with Crippen LogP contribution in [0, 0.1) is 0 Å². The number of halogens is 1. The van der Waals surface area contributed by atoms with Crippen LogP contribution >= 0.6 is 15.9 Å². The van der Waals surface area contributed by atoms with Crippen molar-refractivity contribution in [3.8, 4) is 11.5 Å². The SMILES string of the molecule is O=C(NCc1ccc(CBr)cc1)c1cc(O)cc(O)c1. The van der Waals surface area contributed by atoms with Crippen molar-refractivity contribution in [1.29, 1.82) is 0 Å². The lowest BCUT2D eigenvalue weighted by atomic mass is 10.1. The van der Waals surface area contributed by atoms with E-state index in [4.69, 9.17) is 0 Å². The fraction of sp³-hybridized carbons (Fsp3) is 0.133. The Morgan fingerprint density at radius 3 is 2.10 bits per heavy atom. The van der Waals surface area contributed by atoms with E-state index in [0.717, 1.165) is 16.5 Å². The van der Waals surface area contributed by atoms with Crippen LogP contribution in [0.3, 0.4) is 0 Å². The molecule has 0 aliphatic heterocycles. The molecule has 0 radical (unpaired) electrons. The zero-order chi connectivity index (χ0) is 14.5. The average Bonchev–Trinajstić information content (AvgIpc) is 2.44. The molecule has 0 heterocycles. The Morgan fingerprint density at radius 2 is 1.55 bits per heavy atom. The second-order valence-corrected chi connectivity index (χ2v) is 4.93. The molecule has 0 aliphatic carbocycles. The molecular formula is C15H14BrNO3. The third-order valence-electron chi connectivity index (χ3n) is 2.80. The molecule has 0 atom stereocenters. The summed E-state index contributed by atoms with van der Waals surface area (Å²) in [4.78, 5) is 11.9. The lowest BCUT2D eigenvalue weighted by Gasteiger charge is -2.07. The Balaban J connectivity index is 2.00. The van der Waals surface area contributed by atoms with Gasteiger partial charge >= 0.3 is 0 Å². The molecule has 2 aromatic rings. The van der Waals surface area contributed by atoms with Crippen LogP contribution in [0.5, 0.6) is 11.5 Å². The number of aromatic hydroxyl groups is 2. The van der Waals surface area contributed by atoms with Crippen LogP contribution in [0.1, 0.15) is 21.5 Å². The molecule has 0 aliphatic rings. The molecule has 3 N–H and O–H groups in total. The van der Waals surface area contributed by atoms with Gasteiger partial charge in [-0.2, -0.15) is 0 Å². The van der Waals surface area contributed by atoms with E-state index in [0.29, 0.717) is 6.54 Å². The summed E-state index contributed by atoms with van der Waals surface area (Å²) in [6, 6.07) is 11.6. The number of carbonyl (C=O) groups is 1. The first-order chi connectivity index (χ1) is 9.58. The number of alkyl halides is 1. The molecule has 0 saturated heterocycles. The van der Waals surface area contributed by atoms with Gasteiger partial charge in [-0.1, -0.05) is 40.2 Å². The highest BCUT2D eigenvalue weighted by atomic mass is 79.9. The molecule has 5 heteroatoms. The number of nitrogens with one attached hydrogen (secondary N) is 1. The van der Waals surface area contributed by atoms with Gasteiger partial charge in [0, 0.05) is 23.5 Å². The van der Waals surface area contributed by atoms with Crippen molar-refractivity contribution in [2.45, 2.75) is 11.9 Å². The molecule has 0 saturated carbocycles. The van der Waals surface area contributed by atoms with E-state index in [2.05, 4.69) is 21.2 Å². The van der Waals surface area contributed by atoms with E-state index in [9.17, 15) is 15.0 Å². The Hall–Kier alpha value is -2.01. The molecule has 0 unspecified atom stereocenters. The maximum absolute atomic E-state index is 11.9. The minimum Gasteiger partial charge on any atom is -0.508 e. The number of rotatable bonds is 4. The van der Waals surface area contributed by atoms with Gasteiger partial charge in [0.15, 0.2) is 0 Å². The number of phenolic OH excluding ortho intramolecular Hbond substituents is 2. The summed E-state index contributed by atoms with van der Waals surface area (Å²) in [5, 5.41) is 22.2. The summed E-state index contributed by atoms with van der Waals surface area (Å²) in [7, 11) is 0. The maximum atomic E-state index is 11.9. The van der Waals surface area contributed by atoms with Gasteiger partial charge in [0.25, 0.3) is 5.91 Å². The highest BCUT2D eigenvalue weighted by Crippen LogP contribution is 2.20. The first-order valence-corrected chi connectivity index (χ1v) is 7.15. The molecule has 0 bridgehead atoms. The Bertz CT molecular complexity index is 591. The van der Waals surface area contributed by atoms with Crippen molar-refractivity contribution < 1.29 is 15.0 Å². The number of phenols is 2. The van der Waals surface area contributed by atoms with E-state index in [1.807, 2.05) is 24.3 Å². The third-order valence-corrected chi connectivity index (χ3v) is 3.44. The topological polar surface area (TPSA) is 69.6 Å². The molecule has 0 aromatic heterocycles. The van der Waals surface area contributed by atoms with Crippen LogP contribution in [0.2, 0.25) is 0 Å². The van der Waals surface area contributed by atoms with Gasteiger partial charge < -0.3 is 15.5 Å². The van der Waals surface area contributed by atoms with Crippen molar-refractivity contribution in [2.75, 3.05) is 0 Å². The molecule has 0 spiro atoms. The number of hydrogen-bond acceptors (Lipinski definition) is 3. The molecule has 0 fully saturated rings. The van der Waals surface area contributed by atoms with Crippen LogP contribution in [-0.2, 0) is 11.9 Å². The van der Waals surface area contributed by atoms with Crippen molar-refractivity contribution >= 4 is 21.8 Å². The Labute approximate surface area is 125 Å². The van der Waals surface area contributed by atoms with Crippen molar-refractivity contribution in [2.24, 2.45) is 0 Å². The molecule has 1 amide bonds. The van der Waals surface area contributed by atoms with Crippen LogP contribution < -0.4 is 5.32 Å². The standard InChI is InChI=1S/C15H14BrNO3/c16-8-10-1-3-11(4-2-10)9-17-15(20)12-5-13(18)7-14(19)6-12/h1-7,18-19H,8-9H2,(H,17,20). The molecule has 2 aromatic carbocycles. The average molecular weight is 336 g/mol. The first kappa shape index (κ1) is 14.4. The normalized spacial score (nSPS) is 10.2. The van der Waals surface area contributed by atoms with Gasteiger partial charge in [-0.15, -0.1) is 0 Å². The highest BCUT2D eigenvalue weighted by molar-refractivity contribution is 9.08. The zero-order valence-corrected chi connectivity index (χ0v) is 12.2. The Kier molecular flexibility index (Phi) is 4.63. The van der Waals surface area contributed by atoms with E-state index in [1.165, 1.54) is 18.2 Å². The highest BCUT2D eigenvalue weighted by Gasteiger charge is 2.08. The summed E-state index contributed by atoms with van der Waals surface area (Å²) >= 11 is 3.37. The summed E-state index contributed by atoms with van der Waals surface area (Å²) in [6.07, 6.45) is 0. The molecule has 4 nitrogen and oxygen atoms in total. The van der Waals surface area contributed by atoms with Gasteiger partial charge in [-0.3, -0.25) is 4.79 Å². The lowest BCUT2D eigenvalue weighted by molar-refractivity contribution is 0.0950. The number of carbonyl (C=O) groups excluding carboxylic acids is 1. The van der Waals surface area contributed by atoms with E-state index in [-0.39, 0.29) is 23.0 Å². The van der Waals surface area contributed by atoms with Crippen LogP contribution in [0.15, 0.2) is 42.5 Å². The molecule has 2 rings (SSSR count). The molecule has 20 heavy (non-hydrogen) atoms. The fourth-order valence-electron chi connectivity index (χ4n) is 1.76. The first-order valence-electron chi connectivity index (χ1n) is 6.03. The monoisotopic (exact) mass is 335 g/mol. The second-order valence-electron chi connectivity index (χ2n) is 4.37. The van der Waals surface area contributed by atoms with Crippen molar-refractivity contribution in [3.05, 3.63) is 59.2 Å². The predicted molar refractivity (Wildman–Crippen MR) is 80.0 cm³/mol. The van der Waals surface area contributed by atoms with E-state index in [1.54, 1.807) is 0 Å². The molecular weight excluding hydrogens is 322 g/mol. The fourth-order valence-corrected chi connectivity index (χ4v) is 2.13. The third kappa shape index (κ3) is 3.74. The lowest BCUT2D eigenvalue weighted by Crippen LogP contribution is -2.22. The minimum absolute atomic E-state index is 0.142. The van der Waals surface area contributed by atoms with Crippen LogP contribution in [0.4, 0.5) is 0 Å². The largest absolute Gasteiger partial charge is 0.508 e. The van der Waals surface area contributed by atoms with Gasteiger partial charge in [-0.05, 0) is 23.3 Å². The van der Waals surface area contributed by atoms with Gasteiger partial charge in [0.05, 0.1) is 0 Å². The molecule has 104 valence electrons. The number of benzene rings is 2. The number of hydrogen-bond donors (Lipinski definition) is 3. The van der Waals surface area contributed by atoms with Crippen LogP contribution in [-0.4, -0.2) is 16.1 Å². The second kappa shape index (κ2) is 6.43. The van der Waals surface area contributed by atoms with Crippen molar-refractivity contribution in [1.82, 2.24) is 5.32 Å². The van der Waals surface area contributed by atoms with Crippen molar-refractivity contribution in [3.63, 3.8) is 0 Å². The van der Waals surface area contributed by atoms with E-state index < -0.39 is 0 Å². The Morgan fingerprint density at radius 1 is 1.00 bits per heavy atom. The summed E-state index contributed by atoms with van der Waals surface area (Å²) in [5.74, 6) is -0.630. The quantitative estimate of drug-likeness (QED) is 0.752. The maximum Gasteiger partial charge on any atom is 0.251 e.